The highest BCUT2D eigenvalue weighted by molar-refractivity contribution is 5.90. The van der Waals surface area contributed by atoms with Crippen molar-refractivity contribution in [1.29, 1.82) is 0 Å². The molecule has 0 saturated heterocycles. The summed E-state index contributed by atoms with van der Waals surface area (Å²) in [5, 5.41) is 17.1. The number of aliphatic hydroxyl groups excluding tert-OH is 1. The fourth-order valence-corrected chi connectivity index (χ4v) is 3.39. The summed E-state index contributed by atoms with van der Waals surface area (Å²) in [6.45, 7) is 4.75. The number of carbonyl (C=O) groups is 2. The van der Waals surface area contributed by atoms with E-state index in [2.05, 4.69) is 35.6 Å². The van der Waals surface area contributed by atoms with E-state index in [1.165, 1.54) is 33.4 Å². The van der Waals surface area contributed by atoms with Crippen LogP contribution < -0.4 is 20.7 Å². The lowest BCUT2D eigenvalue weighted by Gasteiger charge is -2.15. The number of aromatic nitrogens is 3. The maximum Gasteiger partial charge on any atom is 0.412 e. The highest BCUT2D eigenvalue weighted by Crippen LogP contribution is 2.32. The summed E-state index contributed by atoms with van der Waals surface area (Å²) in [6.07, 6.45) is 2.56. The number of amides is 3. The molecule has 3 heterocycles. The maximum absolute atomic E-state index is 13.7. The van der Waals surface area contributed by atoms with Crippen LogP contribution in [0.15, 0.2) is 42.7 Å². The minimum Gasteiger partial charge on any atom is -0.475 e. The smallest absolute Gasteiger partial charge is 0.412 e. The van der Waals surface area contributed by atoms with Gasteiger partial charge < -0.3 is 25.2 Å². The van der Waals surface area contributed by atoms with E-state index < -0.39 is 17.8 Å². The fourth-order valence-electron chi connectivity index (χ4n) is 3.39. The average molecular weight is 527 g/mol. The van der Waals surface area contributed by atoms with Crippen LogP contribution in [-0.2, 0) is 4.74 Å². The number of pyridine rings is 3. The van der Waals surface area contributed by atoms with Gasteiger partial charge in [0.05, 0.1) is 31.3 Å². The van der Waals surface area contributed by atoms with Crippen LogP contribution >= 0.6 is 0 Å². The molecule has 0 aliphatic carbocycles. The van der Waals surface area contributed by atoms with Gasteiger partial charge in [0.25, 0.3) is 0 Å². The van der Waals surface area contributed by atoms with Crippen LogP contribution in [0.2, 0.25) is 0 Å². The number of aryl methyl sites for hydroxylation is 1. The summed E-state index contributed by atoms with van der Waals surface area (Å²) in [5.74, 6) is 0.528. The molecule has 0 unspecified atom stereocenters. The number of methoxy groups -OCH3 is 1. The molecule has 0 fully saturated rings. The quantitative estimate of drug-likeness (QED) is 0.305. The van der Waals surface area contributed by atoms with Crippen molar-refractivity contribution in [2.45, 2.75) is 32.9 Å². The van der Waals surface area contributed by atoms with Crippen molar-refractivity contribution in [2.75, 3.05) is 37.5 Å². The summed E-state index contributed by atoms with van der Waals surface area (Å²) in [4.78, 5) is 36.9. The van der Waals surface area contributed by atoms with Gasteiger partial charge in [-0.1, -0.05) is 0 Å². The summed E-state index contributed by atoms with van der Waals surface area (Å²) in [7, 11) is 1.25. The van der Waals surface area contributed by atoms with Crippen LogP contribution in [0.3, 0.4) is 0 Å². The number of aliphatic hydroxyl groups is 1. The molecule has 0 bridgehead atoms. The van der Waals surface area contributed by atoms with Gasteiger partial charge in [-0.05, 0) is 57.0 Å². The van der Waals surface area contributed by atoms with Gasteiger partial charge in [-0.25, -0.2) is 23.9 Å². The molecule has 11 nitrogen and oxygen atoms in total. The Morgan fingerprint density at radius 1 is 1.11 bits per heavy atom. The number of anilines is 2. The van der Waals surface area contributed by atoms with Gasteiger partial charge in [-0.3, -0.25) is 10.3 Å². The molecule has 3 amide bonds. The number of nitrogens with zero attached hydrogens (tertiary/aromatic N) is 3. The van der Waals surface area contributed by atoms with Crippen LogP contribution in [-0.4, -0.2) is 64.7 Å². The molecule has 3 aromatic rings. The van der Waals surface area contributed by atoms with Gasteiger partial charge in [-0.15, -0.1) is 0 Å². The molecule has 12 heteroatoms. The number of urea groups is 1. The third kappa shape index (κ3) is 8.37. The van der Waals surface area contributed by atoms with E-state index in [9.17, 15) is 19.1 Å². The molecule has 4 N–H and O–H groups in total. The molecule has 202 valence electrons. The number of alkyl halides is 1. The Hall–Kier alpha value is -4.32. The number of hydrogen-bond donors (Lipinski definition) is 4. The van der Waals surface area contributed by atoms with E-state index in [4.69, 9.17) is 4.74 Å². The van der Waals surface area contributed by atoms with Crippen molar-refractivity contribution in [2.24, 2.45) is 0 Å². The fraction of sp³-hybridized carbons (Fsp3) is 0.346. The predicted octanol–water partition coefficient (Wildman–Crippen LogP) is 4.32. The van der Waals surface area contributed by atoms with Gasteiger partial charge in [0.15, 0.2) is 0 Å². The Balaban J connectivity index is 1.93. The predicted molar refractivity (Wildman–Crippen MR) is 141 cm³/mol. The molecule has 0 aliphatic heterocycles. The van der Waals surface area contributed by atoms with E-state index >= 15 is 0 Å². The Kier molecular flexibility index (Phi) is 9.49. The van der Waals surface area contributed by atoms with Crippen molar-refractivity contribution in [1.82, 2.24) is 20.3 Å². The first-order valence-corrected chi connectivity index (χ1v) is 11.9. The second-order valence-electron chi connectivity index (χ2n) is 8.90. The third-order valence-electron chi connectivity index (χ3n) is 5.28. The Morgan fingerprint density at radius 2 is 1.89 bits per heavy atom. The van der Waals surface area contributed by atoms with Crippen LogP contribution in [0.1, 0.15) is 26.0 Å². The van der Waals surface area contributed by atoms with E-state index in [-0.39, 0.29) is 37.9 Å². The van der Waals surface area contributed by atoms with Crippen LogP contribution in [0, 0.1) is 6.92 Å². The van der Waals surface area contributed by atoms with Crippen LogP contribution in [0.4, 0.5) is 25.5 Å². The lowest BCUT2D eigenvalue weighted by atomic mass is 10.0. The number of nitrogens with one attached hydrogen (secondary N) is 3. The summed E-state index contributed by atoms with van der Waals surface area (Å²) in [5.41, 5.74) is 2.27. The maximum atomic E-state index is 13.7. The number of carbonyl (C=O) groups excluding carboxylic acids is 2. The first-order chi connectivity index (χ1) is 18.1. The van der Waals surface area contributed by atoms with Crippen molar-refractivity contribution in [3.05, 3.63) is 48.4 Å². The molecular weight excluding hydrogens is 495 g/mol. The topological polar surface area (TPSA) is 148 Å². The lowest BCUT2D eigenvalue weighted by Crippen LogP contribution is -2.32. The number of hydrogen-bond acceptors (Lipinski definition) is 8. The normalized spacial score (nSPS) is 11.0. The van der Waals surface area contributed by atoms with Crippen molar-refractivity contribution < 1.29 is 28.6 Å². The summed E-state index contributed by atoms with van der Waals surface area (Å²) >= 11 is 0. The molecule has 0 radical (unpaired) electrons. The van der Waals surface area contributed by atoms with Crippen LogP contribution in [0.25, 0.3) is 22.4 Å². The Morgan fingerprint density at radius 3 is 2.61 bits per heavy atom. The molecule has 0 aromatic carbocycles. The standard InChI is InChI=1S/C26H31FN6O5/c1-16-20(14-19(15-30-16)31-24(35)29-8-6-26(2,3)27)18-11-21(32-23(13-18)38-10-9-34)17-5-7-28-22(12-17)33-25(36)37-4/h5,7,11-15,34H,6,8-10H2,1-4H3,(H,28,33,36)(H2,29,31,35). The SMILES string of the molecule is COC(=O)Nc1cc(-c2cc(-c3cc(NC(=O)NCCC(C)(C)F)cnc3C)cc(OCCO)n2)ccn1. The third-order valence-corrected chi connectivity index (χ3v) is 5.28. The van der Waals surface area contributed by atoms with E-state index in [0.29, 0.717) is 33.8 Å². The molecule has 38 heavy (non-hydrogen) atoms. The van der Waals surface area contributed by atoms with Gasteiger partial charge in [0.1, 0.15) is 18.1 Å². The average Bonchev–Trinajstić information content (AvgIpc) is 2.87. The Labute approximate surface area is 219 Å². The summed E-state index contributed by atoms with van der Waals surface area (Å²) in [6, 6.07) is 8.13. The molecular formula is C26H31FN6O5. The molecule has 3 aromatic heterocycles. The van der Waals surface area contributed by atoms with Gasteiger partial charge in [0, 0.05) is 35.6 Å². The minimum absolute atomic E-state index is 0.0378. The molecule has 3 rings (SSSR count). The van der Waals surface area contributed by atoms with E-state index in [1.54, 1.807) is 30.3 Å². The van der Waals surface area contributed by atoms with Crippen molar-refractivity contribution in [3.8, 4) is 28.3 Å². The lowest BCUT2D eigenvalue weighted by molar-refractivity contribution is 0.186. The number of ether oxygens (including phenoxy) is 2. The van der Waals surface area contributed by atoms with Crippen molar-refractivity contribution in [3.63, 3.8) is 0 Å². The largest absolute Gasteiger partial charge is 0.475 e. The zero-order chi connectivity index (χ0) is 27.7. The molecule has 0 atom stereocenters. The second-order valence-corrected chi connectivity index (χ2v) is 8.90. The monoisotopic (exact) mass is 526 g/mol. The first-order valence-electron chi connectivity index (χ1n) is 11.9. The van der Waals surface area contributed by atoms with Gasteiger partial charge in [-0.2, -0.15) is 0 Å². The molecule has 0 saturated carbocycles. The minimum atomic E-state index is -1.38. The van der Waals surface area contributed by atoms with E-state index in [1.807, 2.05) is 6.92 Å². The van der Waals surface area contributed by atoms with Gasteiger partial charge >= 0.3 is 12.1 Å². The Bertz CT molecular complexity index is 1280. The first kappa shape index (κ1) is 28.3. The zero-order valence-electron chi connectivity index (χ0n) is 21.7. The number of rotatable bonds is 10. The highest BCUT2D eigenvalue weighted by atomic mass is 19.1. The van der Waals surface area contributed by atoms with E-state index in [0.717, 1.165) is 0 Å². The molecule has 0 spiro atoms. The highest BCUT2D eigenvalue weighted by Gasteiger charge is 2.16. The second kappa shape index (κ2) is 12.8. The zero-order valence-corrected chi connectivity index (χ0v) is 21.7. The van der Waals surface area contributed by atoms with Crippen molar-refractivity contribution >= 4 is 23.6 Å². The summed E-state index contributed by atoms with van der Waals surface area (Å²) < 4.78 is 23.9. The number of halogens is 1. The van der Waals surface area contributed by atoms with Crippen LogP contribution in [0.5, 0.6) is 5.88 Å². The molecule has 0 aliphatic rings. The van der Waals surface area contributed by atoms with Gasteiger partial charge in [0.2, 0.25) is 5.88 Å².